The summed E-state index contributed by atoms with van der Waals surface area (Å²) in [5.41, 5.74) is 10.9. The van der Waals surface area contributed by atoms with E-state index < -0.39 is 0 Å². The van der Waals surface area contributed by atoms with Gasteiger partial charge in [-0.05, 0) is 92.1 Å². The Balaban J connectivity index is 1.82. The van der Waals surface area contributed by atoms with Gasteiger partial charge < -0.3 is 18.4 Å². The Kier molecular flexibility index (Phi) is 13.8. The minimum Gasteiger partial charge on any atom is -0.487 e. The number of quaternary nitrogens is 2. The van der Waals surface area contributed by atoms with Crippen molar-refractivity contribution in [2.75, 3.05) is 67.6 Å². The standard InChI is InChI=1S/C45H70N2O2/c1-11-15-17-19-25-45(26-20-18-16-12-2)41-31-35(5)21-23-38(41)39-24-22-37(33-42(39)45)40-34-43(48-29-27-46(7,8)13-3)36(6)32-44(40)49-30-28-47(9,10)14-4/h21-24,31-34H,11-20,25-30H2,1-10H3/q+2. The fourth-order valence-electron chi connectivity index (χ4n) is 7.43. The van der Waals surface area contributed by atoms with Crippen molar-refractivity contribution in [1.29, 1.82) is 0 Å². The topological polar surface area (TPSA) is 18.5 Å². The van der Waals surface area contributed by atoms with Crippen LogP contribution in [0.4, 0.5) is 0 Å². The summed E-state index contributed by atoms with van der Waals surface area (Å²) in [6.07, 6.45) is 12.7. The molecule has 0 spiro atoms. The predicted molar refractivity (Wildman–Crippen MR) is 211 cm³/mol. The number of hydrogen-bond acceptors (Lipinski definition) is 2. The van der Waals surface area contributed by atoms with Gasteiger partial charge in [-0.2, -0.15) is 0 Å². The molecule has 0 fully saturated rings. The summed E-state index contributed by atoms with van der Waals surface area (Å²) in [6.45, 7) is 19.1. The highest BCUT2D eigenvalue weighted by Crippen LogP contribution is 2.55. The highest BCUT2D eigenvalue weighted by atomic mass is 16.5. The van der Waals surface area contributed by atoms with Crippen LogP contribution in [0.5, 0.6) is 11.5 Å². The SMILES string of the molecule is CCCCCCC1(CCCCCC)c2cc(C)ccc2-c2ccc(-c3cc(OCC[N+](C)(C)CC)c(C)cc3OCC[N+](C)(C)CC)cc21. The van der Waals surface area contributed by atoms with Crippen LogP contribution < -0.4 is 9.47 Å². The molecule has 0 heterocycles. The molecule has 4 nitrogen and oxygen atoms in total. The van der Waals surface area contributed by atoms with Gasteiger partial charge in [-0.3, -0.25) is 0 Å². The van der Waals surface area contributed by atoms with Crippen molar-refractivity contribution in [2.45, 2.75) is 111 Å². The van der Waals surface area contributed by atoms with Crippen molar-refractivity contribution in [3.05, 3.63) is 70.8 Å². The van der Waals surface area contributed by atoms with Crippen molar-refractivity contribution >= 4 is 0 Å². The second kappa shape index (κ2) is 17.4. The molecule has 1 aliphatic carbocycles. The minimum atomic E-state index is 0.0471. The lowest BCUT2D eigenvalue weighted by Crippen LogP contribution is -2.42. The average Bonchev–Trinajstić information content (AvgIpc) is 3.34. The van der Waals surface area contributed by atoms with E-state index in [0.717, 1.165) is 57.8 Å². The van der Waals surface area contributed by atoms with E-state index in [-0.39, 0.29) is 5.41 Å². The Labute approximate surface area is 301 Å². The Morgan fingerprint density at radius 1 is 0.551 bits per heavy atom. The first-order chi connectivity index (χ1) is 23.4. The number of hydrogen-bond donors (Lipinski definition) is 0. The molecule has 4 rings (SSSR count). The molecule has 0 unspecified atom stereocenters. The van der Waals surface area contributed by atoms with Gasteiger partial charge in [0.2, 0.25) is 0 Å². The molecule has 3 aromatic carbocycles. The average molecular weight is 671 g/mol. The van der Waals surface area contributed by atoms with Crippen molar-refractivity contribution in [3.63, 3.8) is 0 Å². The van der Waals surface area contributed by atoms with E-state index in [1.165, 1.54) is 92.0 Å². The third kappa shape index (κ3) is 9.70. The Morgan fingerprint density at radius 3 is 1.63 bits per heavy atom. The number of benzene rings is 3. The zero-order chi connectivity index (χ0) is 35.7. The monoisotopic (exact) mass is 671 g/mol. The van der Waals surface area contributed by atoms with Crippen LogP contribution in [-0.2, 0) is 5.41 Å². The number of likely N-dealkylation sites (N-methyl/N-ethyl adjacent to an activating group) is 2. The van der Waals surface area contributed by atoms with Crippen molar-refractivity contribution in [2.24, 2.45) is 0 Å². The molecule has 0 bridgehead atoms. The third-order valence-corrected chi connectivity index (χ3v) is 11.6. The number of nitrogens with zero attached hydrogens (tertiary/aromatic N) is 2. The van der Waals surface area contributed by atoms with E-state index in [1.807, 2.05) is 0 Å². The Hall–Kier alpha value is -2.82. The molecule has 0 atom stereocenters. The molecule has 0 radical (unpaired) electrons. The molecule has 0 N–H and O–H groups in total. The molecule has 4 heteroatoms. The van der Waals surface area contributed by atoms with E-state index in [1.54, 1.807) is 5.56 Å². The van der Waals surface area contributed by atoms with Crippen molar-refractivity contribution in [3.8, 4) is 33.8 Å². The molecular formula is C45H70N2O2+2. The highest BCUT2D eigenvalue weighted by molar-refractivity contribution is 5.85. The molecule has 49 heavy (non-hydrogen) atoms. The molecule has 0 saturated carbocycles. The summed E-state index contributed by atoms with van der Waals surface area (Å²) in [4.78, 5) is 0. The predicted octanol–water partition coefficient (Wildman–Crippen LogP) is 11.1. The quantitative estimate of drug-likeness (QED) is 0.0829. The molecule has 0 amide bonds. The summed E-state index contributed by atoms with van der Waals surface area (Å²) in [5, 5.41) is 0. The smallest absolute Gasteiger partial charge is 0.137 e. The van der Waals surface area contributed by atoms with E-state index in [0.29, 0.717) is 13.2 Å². The van der Waals surface area contributed by atoms with Crippen molar-refractivity contribution in [1.82, 2.24) is 0 Å². The number of aryl methyl sites for hydroxylation is 2. The summed E-state index contributed by atoms with van der Waals surface area (Å²) < 4.78 is 15.1. The first-order valence-electron chi connectivity index (χ1n) is 19.7. The van der Waals surface area contributed by atoms with Gasteiger partial charge in [0.05, 0.1) is 41.3 Å². The van der Waals surface area contributed by atoms with Crippen LogP contribution in [0.2, 0.25) is 0 Å². The Bertz CT molecular complexity index is 1490. The zero-order valence-electron chi connectivity index (χ0n) is 33.1. The lowest BCUT2D eigenvalue weighted by Gasteiger charge is -2.33. The minimum absolute atomic E-state index is 0.0471. The normalized spacial score (nSPS) is 13.8. The first-order valence-corrected chi connectivity index (χ1v) is 19.7. The maximum absolute atomic E-state index is 6.70. The van der Waals surface area contributed by atoms with Gasteiger partial charge in [-0.25, -0.2) is 0 Å². The van der Waals surface area contributed by atoms with E-state index in [4.69, 9.17) is 9.47 Å². The number of ether oxygens (including phenoxy) is 2. The maximum Gasteiger partial charge on any atom is 0.137 e. The highest BCUT2D eigenvalue weighted by Gasteiger charge is 2.42. The molecule has 0 aromatic heterocycles. The van der Waals surface area contributed by atoms with E-state index in [2.05, 4.69) is 118 Å². The molecule has 1 aliphatic rings. The second-order valence-electron chi connectivity index (χ2n) is 16.3. The maximum atomic E-state index is 6.70. The first kappa shape index (κ1) is 39.0. The lowest BCUT2D eigenvalue weighted by atomic mass is 9.70. The Morgan fingerprint density at radius 2 is 1.08 bits per heavy atom. The zero-order valence-corrected chi connectivity index (χ0v) is 33.1. The second-order valence-corrected chi connectivity index (χ2v) is 16.3. The van der Waals surface area contributed by atoms with Gasteiger partial charge >= 0.3 is 0 Å². The summed E-state index contributed by atoms with van der Waals surface area (Å²) >= 11 is 0. The summed E-state index contributed by atoms with van der Waals surface area (Å²) in [5.74, 6) is 1.93. The lowest BCUT2D eigenvalue weighted by molar-refractivity contribution is -0.888. The number of unbranched alkanes of at least 4 members (excludes halogenated alkanes) is 6. The van der Waals surface area contributed by atoms with Crippen molar-refractivity contribution < 1.29 is 18.4 Å². The van der Waals surface area contributed by atoms with Gasteiger partial charge in [0.25, 0.3) is 0 Å². The van der Waals surface area contributed by atoms with Crippen LogP contribution in [-0.4, -0.2) is 76.5 Å². The van der Waals surface area contributed by atoms with E-state index >= 15 is 0 Å². The summed E-state index contributed by atoms with van der Waals surface area (Å²) in [7, 11) is 9.11. The van der Waals surface area contributed by atoms with Gasteiger partial charge in [0.15, 0.2) is 0 Å². The van der Waals surface area contributed by atoms with Crippen LogP contribution in [0.3, 0.4) is 0 Å². The number of rotatable bonds is 21. The third-order valence-electron chi connectivity index (χ3n) is 11.6. The van der Waals surface area contributed by atoms with Gasteiger partial charge in [0, 0.05) is 11.0 Å². The van der Waals surface area contributed by atoms with E-state index in [9.17, 15) is 0 Å². The number of fused-ring (bicyclic) bond motifs is 3. The van der Waals surface area contributed by atoms with Gasteiger partial charge in [0.1, 0.15) is 37.8 Å². The van der Waals surface area contributed by atoms with Crippen LogP contribution in [0, 0.1) is 13.8 Å². The molecule has 0 aliphatic heterocycles. The molecule has 270 valence electrons. The fourth-order valence-corrected chi connectivity index (χ4v) is 7.43. The summed E-state index contributed by atoms with van der Waals surface area (Å²) in [6, 6.07) is 19.0. The largest absolute Gasteiger partial charge is 0.487 e. The molecular weight excluding hydrogens is 601 g/mol. The van der Waals surface area contributed by atoms with Crippen LogP contribution in [0.15, 0.2) is 48.5 Å². The van der Waals surface area contributed by atoms with Gasteiger partial charge in [-0.1, -0.05) is 101 Å². The molecule has 3 aromatic rings. The van der Waals surface area contributed by atoms with Crippen LogP contribution in [0.1, 0.15) is 114 Å². The van der Waals surface area contributed by atoms with Crippen LogP contribution >= 0.6 is 0 Å². The van der Waals surface area contributed by atoms with Crippen LogP contribution in [0.25, 0.3) is 22.3 Å². The fraction of sp³-hybridized carbons (Fsp3) is 0.600. The van der Waals surface area contributed by atoms with Gasteiger partial charge in [-0.15, -0.1) is 0 Å². The molecule has 0 saturated heterocycles.